The number of carbonyl (C=O) groups is 2. The van der Waals surface area contributed by atoms with Crippen molar-refractivity contribution >= 4 is 11.9 Å². The van der Waals surface area contributed by atoms with Crippen LogP contribution < -0.4 is 5.32 Å². The number of amides is 1. The van der Waals surface area contributed by atoms with Gasteiger partial charge in [-0.3, -0.25) is 9.59 Å². The Balaban J connectivity index is 3.11. The van der Waals surface area contributed by atoms with Crippen molar-refractivity contribution in [2.45, 2.75) is 96.8 Å². The summed E-state index contributed by atoms with van der Waals surface area (Å²) in [4.78, 5) is 21.8. The molecule has 0 spiro atoms. The predicted molar refractivity (Wildman–Crippen MR) is 91.0 cm³/mol. The monoisotopic (exact) mass is 313 g/mol. The SMILES string of the molecule is CCCCCC(=O)NCCCCCCCCCCCC(=O)O. The van der Waals surface area contributed by atoms with Crippen molar-refractivity contribution in [2.24, 2.45) is 0 Å². The van der Waals surface area contributed by atoms with Crippen LogP contribution >= 0.6 is 0 Å². The van der Waals surface area contributed by atoms with Gasteiger partial charge in [-0.05, 0) is 19.3 Å². The summed E-state index contributed by atoms with van der Waals surface area (Å²) in [6.07, 6.45) is 14.5. The summed E-state index contributed by atoms with van der Waals surface area (Å²) in [6.45, 7) is 2.97. The third-order valence-electron chi connectivity index (χ3n) is 3.90. The van der Waals surface area contributed by atoms with Gasteiger partial charge in [0.1, 0.15) is 0 Å². The molecule has 0 radical (unpaired) electrons. The molecule has 0 atom stereocenters. The van der Waals surface area contributed by atoms with Gasteiger partial charge >= 0.3 is 5.97 Å². The molecule has 4 nitrogen and oxygen atoms in total. The molecule has 0 fully saturated rings. The minimum Gasteiger partial charge on any atom is -0.481 e. The zero-order chi connectivity index (χ0) is 16.5. The Morgan fingerprint density at radius 3 is 1.77 bits per heavy atom. The lowest BCUT2D eigenvalue weighted by Gasteiger charge is -2.05. The first-order chi connectivity index (χ1) is 10.7. The lowest BCUT2D eigenvalue weighted by atomic mass is 10.1. The van der Waals surface area contributed by atoms with Crippen molar-refractivity contribution in [1.29, 1.82) is 0 Å². The summed E-state index contributed by atoms with van der Waals surface area (Å²) in [5, 5.41) is 11.5. The van der Waals surface area contributed by atoms with Gasteiger partial charge in [-0.25, -0.2) is 0 Å². The normalized spacial score (nSPS) is 10.6. The molecule has 0 aromatic rings. The molecule has 0 aromatic carbocycles. The van der Waals surface area contributed by atoms with E-state index in [-0.39, 0.29) is 5.91 Å². The Labute approximate surface area is 136 Å². The minimum absolute atomic E-state index is 0.204. The van der Waals surface area contributed by atoms with Crippen LogP contribution in [0.5, 0.6) is 0 Å². The van der Waals surface area contributed by atoms with Crippen LogP contribution in [-0.2, 0) is 9.59 Å². The molecule has 0 aliphatic rings. The number of rotatable bonds is 16. The van der Waals surface area contributed by atoms with E-state index in [0.29, 0.717) is 12.8 Å². The van der Waals surface area contributed by atoms with Gasteiger partial charge in [0, 0.05) is 19.4 Å². The number of unbranched alkanes of at least 4 members (excludes halogenated alkanes) is 10. The molecular weight excluding hydrogens is 278 g/mol. The third-order valence-corrected chi connectivity index (χ3v) is 3.90. The maximum absolute atomic E-state index is 11.5. The Bertz CT molecular complexity index is 280. The summed E-state index contributed by atoms with van der Waals surface area (Å²) >= 11 is 0. The first-order valence-corrected chi connectivity index (χ1v) is 9.15. The summed E-state index contributed by atoms with van der Waals surface area (Å²) < 4.78 is 0. The van der Waals surface area contributed by atoms with Crippen LogP contribution in [0, 0.1) is 0 Å². The fraction of sp³-hybridized carbons (Fsp3) is 0.889. The van der Waals surface area contributed by atoms with Gasteiger partial charge < -0.3 is 10.4 Å². The lowest BCUT2D eigenvalue weighted by molar-refractivity contribution is -0.137. The Kier molecular flexibility index (Phi) is 15.5. The van der Waals surface area contributed by atoms with Crippen LogP contribution in [0.2, 0.25) is 0 Å². The maximum atomic E-state index is 11.5. The number of carboxylic acids is 1. The Morgan fingerprint density at radius 2 is 1.23 bits per heavy atom. The van der Waals surface area contributed by atoms with E-state index < -0.39 is 5.97 Å². The molecule has 0 unspecified atom stereocenters. The fourth-order valence-corrected chi connectivity index (χ4v) is 2.49. The minimum atomic E-state index is -0.683. The summed E-state index contributed by atoms with van der Waals surface area (Å²) in [6, 6.07) is 0. The highest BCUT2D eigenvalue weighted by molar-refractivity contribution is 5.75. The third kappa shape index (κ3) is 17.0. The molecule has 0 heterocycles. The van der Waals surface area contributed by atoms with E-state index in [1.165, 1.54) is 32.1 Å². The van der Waals surface area contributed by atoms with Crippen molar-refractivity contribution in [1.82, 2.24) is 5.32 Å². The number of nitrogens with one attached hydrogen (secondary N) is 1. The largest absolute Gasteiger partial charge is 0.481 e. The lowest BCUT2D eigenvalue weighted by Crippen LogP contribution is -2.23. The average molecular weight is 313 g/mol. The van der Waals surface area contributed by atoms with E-state index in [4.69, 9.17) is 5.11 Å². The number of hydrogen-bond acceptors (Lipinski definition) is 2. The molecule has 2 N–H and O–H groups in total. The fourth-order valence-electron chi connectivity index (χ4n) is 2.49. The first kappa shape index (κ1) is 20.9. The van der Waals surface area contributed by atoms with Gasteiger partial charge in [0.15, 0.2) is 0 Å². The topological polar surface area (TPSA) is 66.4 Å². The highest BCUT2D eigenvalue weighted by atomic mass is 16.4. The summed E-state index contributed by atoms with van der Waals surface area (Å²) in [5.41, 5.74) is 0. The van der Waals surface area contributed by atoms with Gasteiger partial charge in [0.25, 0.3) is 0 Å². The summed E-state index contributed by atoms with van der Waals surface area (Å²) in [7, 11) is 0. The second kappa shape index (κ2) is 16.3. The van der Waals surface area contributed by atoms with Crippen molar-refractivity contribution in [2.75, 3.05) is 6.54 Å². The molecule has 130 valence electrons. The maximum Gasteiger partial charge on any atom is 0.303 e. The molecule has 1 amide bonds. The smallest absolute Gasteiger partial charge is 0.303 e. The average Bonchev–Trinajstić information content (AvgIpc) is 2.48. The zero-order valence-corrected chi connectivity index (χ0v) is 14.4. The van der Waals surface area contributed by atoms with Crippen LogP contribution in [-0.4, -0.2) is 23.5 Å². The van der Waals surface area contributed by atoms with Crippen LogP contribution in [0.15, 0.2) is 0 Å². The van der Waals surface area contributed by atoms with E-state index in [0.717, 1.165) is 51.5 Å². The van der Waals surface area contributed by atoms with Crippen LogP contribution in [0.3, 0.4) is 0 Å². The van der Waals surface area contributed by atoms with Gasteiger partial charge in [0.2, 0.25) is 5.91 Å². The molecule has 0 saturated carbocycles. The molecule has 22 heavy (non-hydrogen) atoms. The van der Waals surface area contributed by atoms with E-state index >= 15 is 0 Å². The van der Waals surface area contributed by atoms with Crippen LogP contribution in [0.25, 0.3) is 0 Å². The zero-order valence-electron chi connectivity index (χ0n) is 14.4. The molecule has 0 aliphatic heterocycles. The highest BCUT2D eigenvalue weighted by Gasteiger charge is 2.00. The quantitative estimate of drug-likeness (QED) is 0.407. The van der Waals surface area contributed by atoms with Crippen molar-refractivity contribution in [3.8, 4) is 0 Å². The van der Waals surface area contributed by atoms with Crippen molar-refractivity contribution < 1.29 is 14.7 Å². The van der Waals surface area contributed by atoms with Crippen LogP contribution in [0.1, 0.15) is 96.8 Å². The van der Waals surface area contributed by atoms with Crippen LogP contribution in [0.4, 0.5) is 0 Å². The number of carboxylic acid groups (broad SMARTS) is 1. The first-order valence-electron chi connectivity index (χ1n) is 9.15. The predicted octanol–water partition coefficient (Wildman–Crippen LogP) is 4.67. The van der Waals surface area contributed by atoms with E-state index in [2.05, 4.69) is 12.2 Å². The van der Waals surface area contributed by atoms with Crippen molar-refractivity contribution in [3.05, 3.63) is 0 Å². The molecule has 0 rings (SSSR count). The van der Waals surface area contributed by atoms with Gasteiger partial charge in [0.05, 0.1) is 0 Å². The van der Waals surface area contributed by atoms with Gasteiger partial charge in [-0.15, -0.1) is 0 Å². The number of aliphatic carboxylic acids is 1. The molecule has 4 heteroatoms. The molecule has 0 bridgehead atoms. The standard InChI is InChI=1S/C18H35NO3/c1-2-3-11-14-17(20)19-16-13-10-8-6-4-5-7-9-12-15-18(21)22/h2-16H2,1H3,(H,19,20)(H,21,22). The highest BCUT2D eigenvalue weighted by Crippen LogP contribution is 2.10. The number of carbonyl (C=O) groups excluding carboxylic acids is 1. The second-order valence-corrected chi connectivity index (χ2v) is 6.13. The van der Waals surface area contributed by atoms with Gasteiger partial charge in [-0.1, -0.05) is 64.7 Å². The molecule has 0 aromatic heterocycles. The Morgan fingerprint density at radius 1 is 0.727 bits per heavy atom. The molecule has 0 saturated heterocycles. The van der Waals surface area contributed by atoms with Crippen molar-refractivity contribution in [3.63, 3.8) is 0 Å². The second-order valence-electron chi connectivity index (χ2n) is 6.13. The molecular formula is C18H35NO3. The summed E-state index contributed by atoms with van der Waals surface area (Å²) in [5.74, 6) is -0.479. The van der Waals surface area contributed by atoms with E-state index in [1.807, 2.05) is 0 Å². The van der Waals surface area contributed by atoms with Gasteiger partial charge in [-0.2, -0.15) is 0 Å². The number of hydrogen-bond donors (Lipinski definition) is 2. The van der Waals surface area contributed by atoms with E-state index in [9.17, 15) is 9.59 Å². The molecule has 0 aliphatic carbocycles. The Hall–Kier alpha value is -1.06. The van der Waals surface area contributed by atoms with E-state index in [1.54, 1.807) is 0 Å².